The smallest absolute Gasteiger partial charge is 0.0224 e. The molecule has 3 nitrogen and oxygen atoms in total. The molecule has 2 saturated heterocycles. The number of fused-ring (bicyclic) bond motifs is 1. The van der Waals surface area contributed by atoms with Gasteiger partial charge in [0, 0.05) is 44.3 Å². The van der Waals surface area contributed by atoms with Crippen LogP contribution in [-0.2, 0) is 0 Å². The van der Waals surface area contributed by atoms with Crippen LogP contribution in [0.1, 0.15) is 52.4 Å². The van der Waals surface area contributed by atoms with E-state index in [1.807, 2.05) is 0 Å². The van der Waals surface area contributed by atoms with Crippen LogP contribution in [0.25, 0.3) is 0 Å². The van der Waals surface area contributed by atoms with Crippen molar-refractivity contribution < 1.29 is 0 Å². The number of hydrogen-bond donors (Lipinski definition) is 1. The van der Waals surface area contributed by atoms with Crippen LogP contribution in [0.5, 0.6) is 0 Å². The molecule has 0 bridgehead atoms. The first-order chi connectivity index (χ1) is 9.74. The Kier molecular flexibility index (Phi) is 5.00. The summed E-state index contributed by atoms with van der Waals surface area (Å²) in [6.07, 6.45) is 8.54. The monoisotopic (exact) mass is 279 g/mol. The Morgan fingerprint density at radius 1 is 1.00 bits per heavy atom. The fourth-order valence-electron chi connectivity index (χ4n) is 4.57. The summed E-state index contributed by atoms with van der Waals surface area (Å²) in [7, 11) is 0. The van der Waals surface area contributed by atoms with Crippen molar-refractivity contribution in [2.75, 3.05) is 32.7 Å². The summed E-state index contributed by atoms with van der Waals surface area (Å²) in [4.78, 5) is 5.45. The van der Waals surface area contributed by atoms with E-state index in [9.17, 15) is 0 Å². The van der Waals surface area contributed by atoms with Crippen LogP contribution in [-0.4, -0.2) is 60.6 Å². The van der Waals surface area contributed by atoms with Crippen molar-refractivity contribution in [1.29, 1.82) is 0 Å². The van der Waals surface area contributed by atoms with E-state index in [1.54, 1.807) is 0 Å². The van der Waals surface area contributed by atoms with Crippen molar-refractivity contribution in [3.05, 3.63) is 0 Å². The zero-order valence-electron chi connectivity index (χ0n) is 13.5. The highest BCUT2D eigenvalue weighted by molar-refractivity contribution is 4.91. The predicted octanol–water partition coefficient (Wildman–Crippen LogP) is 2.32. The fraction of sp³-hybridized carbons (Fsp3) is 1.00. The molecule has 116 valence electrons. The first-order valence-electron chi connectivity index (χ1n) is 8.95. The van der Waals surface area contributed by atoms with E-state index in [2.05, 4.69) is 29.0 Å². The lowest BCUT2D eigenvalue weighted by Gasteiger charge is -2.42. The third-order valence-corrected chi connectivity index (χ3v) is 5.98. The van der Waals surface area contributed by atoms with Gasteiger partial charge < -0.3 is 5.32 Å². The van der Waals surface area contributed by atoms with E-state index in [1.165, 1.54) is 71.2 Å². The fourth-order valence-corrected chi connectivity index (χ4v) is 4.57. The number of nitrogens with one attached hydrogen (secondary N) is 1. The van der Waals surface area contributed by atoms with E-state index in [0.29, 0.717) is 0 Å². The molecule has 0 spiro atoms. The summed E-state index contributed by atoms with van der Waals surface area (Å²) in [5.74, 6) is 0.882. The lowest BCUT2D eigenvalue weighted by Crippen LogP contribution is -2.56. The molecule has 3 aliphatic rings. The van der Waals surface area contributed by atoms with Gasteiger partial charge in [0.2, 0.25) is 0 Å². The highest BCUT2D eigenvalue weighted by Gasteiger charge is 2.34. The standard InChI is InChI=1S/C17H33N3/c1-14-6-3-4-8-17(14)18-9-11-19-13-16-7-5-10-20(16)12-15(19)2/h14-18H,3-13H2,1-2H3. The summed E-state index contributed by atoms with van der Waals surface area (Å²) in [5, 5.41) is 3.84. The van der Waals surface area contributed by atoms with Gasteiger partial charge in [0.1, 0.15) is 0 Å². The van der Waals surface area contributed by atoms with E-state index < -0.39 is 0 Å². The SMILES string of the molecule is CC1CCCCC1NCCN1CC2CCCN2CC1C. The van der Waals surface area contributed by atoms with Crippen molar-refractivity contribution in [1.82, 2.24) is 15.1 Å². The summed E-state index contributed by atoms with van der Waals surface area (Å²) in [5.41, 5.74) is 0. The Morgan fingerprint density at radius 3 is 2.70 bits per heavy atom. The molecule has 0 radical (unpaired) electrons. The Bertz CT molecular complexity index is 307. The van der Waals surface area contributed by atoms with Crippen LogP contribution in [0, 0.1) is 5.92 Å². The Morgan fingerprint density at radius 2 is 1.85 bits per heavy atom. The van der Waals surface area contributed by atoms with Gasteiger partial charge in [-0.1, -0.05) is 19.8 Å². The second-order valence-electron chi connectivity index (χ2n) is 7.46. The number of hydrogen-bond acceptors (Lipinski definition) is 3. The molecule has 2 aliphatic heterocycles. The molecule has 2 heterocycles. The third kappa shape index (κ3) is 3.37. The summed E-state index contributed by atoms with van der Waals surface area (Å²) < 4.78 is 0. The van der Waals surface area contributed by atoms with Gasteiger partial charge >= 0.3 is 0 Å². The molecule has 0 aromatic carbocycles. The summed E-state index contributed by atoms with van der Waals surface area (Å²) in [6, 6.07) is 2.39. The molecular weight excluding hydrogens is 246 g/mol. The summed E-state index contributed by atoms with van der Waals surface area (Å²) in [6.45, 7) is 11.2. The lowest BCUT2D eigenvalue weighted by molar-refractivity contribution is 0.0590. The Balaban J connectivity index is 1.41. The quantitative estimate of drug-likeness (QED) is 0.852. The maximum Gasteiger partial charge on any atom is 0.0224 e. The third-order valence-electron chi connectivity index (χ3n) is 5.98. The second kappa shape index (κ2) is 6.76. The molecule has 4 atom stereocenters. The van der Waals surface area contributed by atoms with Crippen LogP contribution < -0.4 is 5.32 Å². The largest absolute Gasteiger partial charge is 0.312 e. The van der Waals surface area contributed by atoms with Gasteiger partial charge in [0.15, 0.2) is 0 Å². The zero-order chi connectivity index (χ0) is 13.9. The molecular formula is C17H33N3. The minimum absolute atomic E-state index is 0.745. The molecule has 1 aliphatic carbocycles. The lowest BCUT2D eigenvalue weighted by atomic mass is 9.86. The molecule has 4 unspecified atom stereocenters. The molecule has 3 fully saturated rings. The second-order valence-corrected chi connectivity index (χ2v) is 7.46. The maximum absolute atomic E-state index is 3.84. The first kappa shape index (κ1) is 14.8. The highest BCUT2D eigenvalue weighted by atomic mass is 15.3. The Hall–Kier alpha value is -0.120. The van der Waals surface area contributed by atoms with Gasteiger partial charge in [0.05, 0.1) is 0 Å². The van der Waals surface area contributed by atoms with Crippen LogP contribution in [0.3, 0.4) is 0 Å². The Labute approximate surface area is 125 Å². The predicted molar refractivity (Wildman–Crippen MR) is 85.1 cm³/mol. The van der Waals surface area contributed by atoms with Gasteiger partial charge in [-0.2, -0.15) is 0 Å². The molecule has 0 amide bonds. The molecule has 3 heteroatoms. The number of nitrogens with zero attached hydrogens (tertiary/aromatic N) is 2. The maximum atomic E-state index is 3.84. The average Bonchev–Trinajstić information content (AvgIpc) is 2.88. The van der Waals surface area contributed by atoms with E-state index in [-0.39, 0.29) is 0 Å². The average molecular weight is 279 g/mol. The molecule has 1 saturated carbocycles. The molecule has 0 aromatic heterocycles. The normalized spacial score (nSPS) is 39.9. The van der Waals surface area contributed by atoms with Gasteiger partial charge in [-0.15, -0.1) is 0 Å². The highest BCUT2D eigenvalue weighted by Crippen LogP contribution is 2.25. The minimum Gasteiger partial charge on any atom is -0.312 e. The van der Waals surface area contributed by atoms with E-state index >= 15 is 0 Å². The molecule has 3 rings (SSSR count). The first-order valence-corrected chi connectivity index (χ1v) is 8.95. The van der Waals surface area contributed by atoms with Crippen LogP contribution in [0.2, 0.25) is 0 Å². The number of piperazine rings is 1. The molecule has 0 aromatic rings. The topological polar surface area (TPSA) is 18.5 Å². The summed E-state index contributed by atoms with van der Waals surface area (Å²) >= 11 is 0. The van der Waals surface area contributed by atoms with Gasteiger partial charge in [-0.25, -0.2) is 0 Å². The van der Waals surface area contributed by atoms with Crippen molar-refractivity contribution in [3.63, 3.8) is 0 Å². The van der Waals surface area contributed by atoms with Crippen molar-refractivity contribution >= 4 is 0 Å². The van der Waals surface area contributed by atoms with Gasteiger partial charge in [0.25, 0.3) is 0 Å². The van der Waals surface area contributed by atoms with Crippen LogP contribution >= 0.6 is 0 Å². The van der Waals surface area contributed by atoms with E-state index in [4.69, 9.17) is 0 Å². The molecule has 1 N–H and O–H groups in total. The van der Waals surface area contributed by atoms with Gasteiger partial charge in [-0.05, 0) is 45.1 Å². The number of rotatable bonds is 4. The van der Waals surface area contributed by atoms with E-state index in [0.717, 1.165) is 24.0 Å². The van der Waals surface area contributed by atoms with Crippen molar-refractivity contribution in [2.45, 2.75) is 70.5 Å². The zero-order valence-corrected chi connectivity index (χ0v) is 13.5. The van der Waals surface area contributed by atoms with Crippen molar-refractivity contribution in [3.8, 4) is 0 Å². The minimum atomic E-state index is 0.745. The van der Waals surface area contributed by atoms with Gasteiger partial charge in [-0.3, -0.25) is 9.80 Å². The van der Waals surface area contributed by atoms with Crippen molar-refractivity contribution in [2.24, 2.45) is 5.92 Å². The molecule has 20 heavy (non-hydrogen) atoms. The van der Waals surface area contributed by atoms with Crippen LogP contribution in [0.4, 0.5) is 0 Å². The van der Waals surface area contributed by atoms with Crippen LogP contribution in [0.15, 0.2) is 0 Å².